The fourth-order valence-corrected chi connectivity index (χ4v) is 2.39. The van der Waals surface area contributed by atoms with Crippen molar-refractivity contribution in [1.82, 2.24) is 10.3 Å². The highest BCUT2D eigenvalue weighted by Crippen LogP contribution is 2.28. The second kappa shape index (κ2) is 6.45. The van der Waals surface area contributed by atoms with Gasteiger partial charge in [0.2, 0.25) is 0 Å². The predicted molar refractivity (Wildman–Crippen MR) is 80.9 cm³/mol. The standard InChI is InChI=1S/C14H12BrN3O3/c1-9-4-3-7-16-11(9)8-17-14(19)10-5-2-6-12(13(10)15)18(20)21/h2-7H,8H2,1H3,(H,17,19). The van der Waals surface area contributed by atoms with Crippen LogP contribution >= 0.6 is 15.9 Å². The molecule has 2 rings (SSSR count). The lowest BCUT2D eigenvalue weighted by Gasteiger charge is -2.08. The Morgan fingerprint density at radius 2 is 2.14 bits per heavy atom. The van der Waals surface area contributed by atoms with Crippen LogP contribution in [0, 0.1) is 17.0 Å². The average Bonchev–Trinajstić information content (AvgIpc) is 2.46. The summed E-state index contributed by atoms with van der Waals surface area (Å²) in [5, 5.41) is 13.6. The number of aryl methyl sites for hydroxylation is 1. The minimum atomic E-state index is -0.538. The van der Waals surface area contributed by atoms with Crippen LogP contribution in [-0.2, 0) is 6.54 Å². The maximum absolute atomic E-state index is 12.1. The second-order valence-electron chi connectivity index (χ2n) is 4.35. The van der Waals surface area contributed by atoms with Crippen LogP contribution in [0.5, 0.6) is 0 Å². The first-order valence-corrected chi connectivity index (χ1v) is 6.91. The quantitative estimate of drug-likeness (QED) is 0.679. The van der Waals surface area contributed by atoms with Crippen LogP contribution in [-0.4, -0.2) is 15.8 Å². The third kappa shape index (κ3) is 3.43. The fraction of sp³-hybridized carbons (Fsp3) is 0.143. The van der Waals surface area contributed by atoms with Crippen molar-refractivity contribution in [3.8, 4) is 0 Å². The van der Waals surface area contributed by atoms with E-state index >= 15 is 0 Å². The van der Waals surface area contributed by atoms with Gasteiger partial charge >= 0.3 is 0 Å². The van der Waals surface area contributed by atoms with Crippen LogP contribution in [0.15, 0.2) is 41.0 Å². The number of carbonyl (C=O) groups is 1. The second-order valence-corrected chi connectivity index (χ2v) is 5.14. The van der Waals surface area contributed by atoms with Crippen molar-refractivity contribution < 1.29 is 9.72 Å². The molecular weight excluding hydrogens is 338 g/mol. The van der Waals surface area contributed by atoms with Gasteiger partial charge < -0.3 is 5.32 Å². The Morgan fingerprint density at radius 3 is 2.81 bits per heavy atom. The summed E-state index contributed by atoms with van der Waals surface area (Å²) in [4.78, 5) is 26.6. The Labute approximate surface area is 129 Å². The summed E-state index contributed by atoms with van der Waals surface area (Å²) >= 11 is 3.11. The van der Waals surface area contributed by atoms with Gasteiger partial charge in [0.1, 0.15) is 4.47 Å². The highest BCUT2D eigenvalue weighted by Gasteiger charge is 2.19. The molecule has 0 radical (unpaired) electrons. The summed E-state index contributed by atoms with van der Waals surface area (Å²) in [6, 6.07) is 8.06. The first-order chi connectivity index (χ1) is 10.0. The number of halogens is 1. The number of nitrogens with one attached hydrogen (secondary N) is 1. The van der Waals surface area contributed by atoms with Gasteiger partial charge in [0.25, 0.3) is 11.6 Å². The van der Waals surface area contributed by atoms with Gasteiger partial charge in [-0.15, -0.1) is 0 Å². The number of nitro groups is 1. The molecule has 0 unspecified atom stereocenters. The molecule has 7 heteroatoms. The predicted octanol–water partition coefficient (Wildman–Crippen LogP) is 2.99. The first-order valence-electron chi connectivity index (χ1n) is 6.12. The van der Waals surface area contributed by atoms with E-state index in [-0.39, 0.29) is 22.3 Å². The van der Waals surface area contributed by atoms with Gasteiger partial charge in [-0.25, -0.2) is 0 Å². The van der Waals surface area contributed by atoms with Gasteiger partial charge in [0.05, 0.1) is 22.7 Å². The zero-order valence-corrected chi connectivity index (χ0v) is 12.8. The molecule has 21 heavy (non-hydrogen) atoms. The number of benzene rings is 1. The molecule has 0 spiro atoms. The SMILES string of the molecule is Cc1cccnc1CNC(=O)c1cccc([N+](=O)[O-])c1Br. The minimum absolute atomic E-state index is 0.142. The molecule has 1 N–H and O–H groups in total. The lowest BCUT2D eigenvalue weighted by Crippen LogP contribution is -2.24. The number of pyridine rings is 1. The Morgan fingerprint density at radius 1 is 1.38 bits per heavy atom. The smallest absolute Gasteiger partial charge is 0.284 e. The molecule has 1 heterocycles. The summed E-state index contributed by atoms with van der Waals surface area (Å²) in [5.41, 5.74) is 1.80. The first kappa shape index (κ1) is 15.1. The van der Waals surface area contributed by atoms with Gasteiger partial charge in [0.15, 0.2) is 0 Å². The third-order valence-electron chi connectivity index (χ3n) is 2.95. The number of carbonyl (C=O) groups excluding carboxylic acids is 1. The summed E-state index contributed by atoms with van der Waals surface area (Å²) < 4.78 is 0.172. The zero-order chi connectivity index (χ0) is 15.4. The number of hydrogen-bond donors (Lipinski definition) is 1. The highest BCUT2D eigenvalue weighted by molar-refractivity contribution is 9.10. The van der Waals surface area contributed by atoms with Crippen molar-refractivity contribution in [3.05, 3.63) is 67.9 Å². The molecule has 108 valence electrons. The van der Waals surface area contributed by atoms with Crippen molar-refractivity contribution in [2.24, 2.45) is 0 Å². The molecule has 0 bridgehead atoms. The van der Waals surface area contributed by atoms with E-state index in [1.165, 1.54) is 18.2 Å². The normalized spacial score (nSPS) is 10.2. The fourth-order valence-electron chi connectivity index (χ4n) is 1.80. The van der Waals surface area contributed by atoms with E-state index < -0.39 is 10.8 Å². The molecule has 2 aromatic rings. The van der Waals surface area contributed by atoms with Gasteiger partial charge in [0, 0.05) is 12.3 Å². The summed E-state index contributed by atoms with van der Waals surface area (Å²) in [6.07, 6.45) is 1.65. The van der Waals surface area contributed by atoms with Crippen molar-refractivity contribution in [1.29, 1.82) is 0 Å². The van der Waals surface area contributed by atoms with E-state index in [0.29, 0.717) is 0 Å². The van der Waals surface area contributed by atoms with Crippen LogP contribution < -0.4 is 5.32 Å². The van der Waals surface area contributed by atoms with Gasteiger partial charge in [-0.1, -0.05) is 12.1 Å². The largest absolute Gasteiger partial charge is 0.346 e. The molecule has 0 aliphatic rings. The van der Waals surface area contributed by atoms with Crippen LogP contribution in [0.1, 0.15) is 21.6 Å². The molecule has 0 aliphatic heterocycles. The van der Waals surface area contributed by atoms with Crippen LogP contribution in [0.2, 0.25) is 0 Å². The van der Waals surface area contributed by atoms with Gasteiger partial charge in [-0.2, -0.15) is 0 Å². The van der Waals surface area contributed by atoms with E-state index in [9.17, 15) is 14.9 Å². The average molecular weight is 350 g/mol. The number of nitro benzene ring substituents is 1. The zero-order valence-electron chi connectivity index (χ0n) is 11.2. The number of nitrogens with zero attached hydrogens (tertiary/aromatic N) is 2. The van der Waals surface area contributed by atoms with E-state index in [0.717, 1.165) is 11.3 Å². The lowest BCUT2D eigenvalue weighted by molar-refractivity contribution is -0.385. The number of amides is 1. The molecule has 1 aromatic carbocycles. The highest BCUT2D eigenvalue weighted by atomic mass is 79.9. The van der Waals surface area contributed by atoms with E-state index in [1.54, 1.807) is 6.20 Å². The molecule has 0 aliphatic carbocycles. The molecule has 0 atom stereocenters. The van der Waals surface area contributed by atoms with Crippen LogP contribution in [0.3, 0.4) is 0 Å². The third-order valence-corrected chi connectivity index (χ3v) is 3.79. The Balaban J connectivity index is 2.16. The van der Waals surface area contributed by atoms with Crippen LogP contribution in [0.25, 0.3) is 0 Å². The molecular formula is C14H12BrN3O3. The number of aromatic nitrogens is 1. The molecule has 0 saturated carbocycles. The molecule has 1 amide bonds. The molecule has 0 fully saturated rings. The van der Waals surface area contributed by atoms with Gasteiger partial charge in [-0.05, 0) is 40.5 Å². The Kier molecular flexibility index (Phi) is 4.64. The topological polar surface area (TPSA) is 85.1 Å². The minimum Gasteiger partial charge on any atom is -0.346 e. The van der Waals surface area contributed by atoms with E-state index in [1.807, 2.05) is 19.1 Å². The van der Waals surface area contributed by atoms with Crippen molar-refractivity contribution >= 4 is 27.5 Å². The van der Waals surface area contributed by atoms with Crippen molar-refractivity contribution in [2.75, 3.05) is 0 Å². The number of rotatable bonds is 4. The summed E-state index contributed by atoms with van der Waals surface area (Å²) in [6.45, 7) is 2.17. The van der Waals surface area contributed by atoms with Crippen molar-refractivity contribution in [2.45, 2.75) is 13.5 Å². The van der Waals surface area contributed by atoms with Crippen LogP contribution in [0.4, 0.5) is 5.69 Å². The Bertz CT molecular complexity index is 704. The number of hydrogen-bond acceptors (Lipinski definition) is 4. The van der Waals surface area contributed by atoms with E-state index in [2.05, 4.69) is 26.2 Å². The maximum Gasteiger partial charge on any atom is 0.284 e. The monoisotopic (exact) mass is 349 g/mol. The lowest BCUT2D eigenvalue weighted by atomic mass is 10.1. The van der Waals surface area contributed by atoms with Crippen molar-refractivity contribution in [3.63, 3.8) is 0 Å². The molecule has 1 aromatic heterocycles. The maximum atomic E-state index is 12.1. The Hall–Kier alpha value is -2.28. The summed E-state index contributed by atoms with van der Waals surface area (Å²) in [5.74, 6) is -0.393. The molecule has 0 saturated heterocycles. The van der Waals surface area contributed by atoms with Gasteiger partial charge in [-0.3, -0.25) is 19.9 Å². The van der Waals surface area contributed by atoms with E-state index in [4.69, 9.17) is 0 Å². The molecule has 6 nitrogen and oxygen atoms in total. The summed E-state index contributed by atoms with van der Waals surface area (Å²) in [7, 11) is 0.